The molecule has 0 radical (unpaired) electrons. The predicted octanol–water partition coefficient (Wildman–Crippen LogP) is 3.37. The highest BCUT2D eigenvalue weighted by Crippen LogP contribution is 2.00. The standard InChI is InChI=1S/C19H38O6/c1-3-5-7-9-19(20)25-18-17-24-16-15-23-14-13-22-12-11-21-10-8-6-4-2/h3-18H2,1-2H3. The first-order valence-electron chi connectivity index (χ1n) is 9.77. The van der Waals surface area contributed by atoms with E-state index in [0.29, 0.717) is 59.3 Å². The molecule has 25 heavy (non-hydrogen) atoms. The summed E-state index contributed by atoms with van der Waals surface area (Å²) in [5.41, 5.74) is 0. The molecule has 0 saturated heterocycles. The normalized spacial score (nSPS) is 11.0. The van der Waals surface area contributed by atoms with E-state index in [2.05, 4.69) is 13.8 Å². The predicted molar refractivity (Wildman–Crippen MR) is 97.9 cm³/mol. The van der Waals surface area contributed by atoms with Crippen LogP contribution in [-0.2, 0) is 28.5 Å². The van der Waals surface area contributed by atoms with Crippen molar-refractivity contribution in [1.29, 1.82) is 0 Å². The third-order valence-electron chi connectivity index (χ3n) is 3.48. The number of unbranched alkanes of at least 4 members (excludes halogenated alkanes) is 4. The first-order chi connectivity index (χ1) is 12.3. The third kappa shape index (κ3) is 21.3. The van der Waals surface area contributed by atoms with E-state index >= 15 is 0 Å². The quantitative estimate of drug-likeness (QED) is 0.244. The lowest BCUT2D eigenvalue weighted by atomic mass is 10.2. The lowest BCUT2D eigenvalue weighted by molar-refractivity contribution is -0.145. The molecule has 0 saturated carbocycles. The minimum Gasteiger partial charge on any atom is -0.463 e. The molecule has 0 amide bonds. The van der Waals surface area contributed by atoms with E-state index in [4.69, 9.17) is 23.7 Å². The van der Waals surface area contributed by atoms with Crippen LogP contribution in [0.5, 0.6) is 0 Å². The van der Waals surface area contributed by atoms with Crippen molar-refractivity contribution in [3.05, 3.63) is 0 Å². The molecule has 0 aliphatic heterocycles. The Morgan fingerprint density at radius 2 is 1.00 bits per heavy atom. The summed E-state index contributed by atoms with van der Waals surface area (Å²) in [6, 6.07) is 0. The van der Waals surface area contributed by atoms with Gasteiger partial charge in [-0.05, 0) is 12.8 Å². The summed E-state index contributed by atoms with van der Waals surface area (Å²) in [7, 11) is 0. The smallest absolute Gasteiger partial charge is 0.305 e. The molecule has 0 bridgehead atoms. The van der Waals surface area contributed by atoms with Crippen LogP contribution in [0.15, 0.2) is 0 Å². The Balaban J connectivity index is 3.06. The van der Waals surface area contributed by atoms with E-state index in [0.717, 1.165) is 32.3 Å². The number of hydrogen-bond donors (Lipinski definition) is 0. The van der Waals surface area contributed by atoms with Crippen molar-refractivity contribution < 1.29 is 28.5 Å². The SMILES string of the molecule is CCCCCOCCOCCOCCOCCOC(=O)CCCCC. The first-order valence-corrected chi connectivity index (χ1v) is 9.77. The molecule has 0 fully saturated rings. The molecule has 0 aromatic carbocycles. The topological polar surface area (TPSA) is 63.2 Å². The number of ether oxygens (including phenoxy) is 5. The molecule has 150 valence electrons. The molecule has 0 atom stereocenters. The van der Waals surface area contributed by atoms with E-state index in [-0.39, 0.29) is 5.97 Å². The molecule has 0 rings (SSSR count). The van der Waals surface area contributed by atoms with Crippen LogP contribution < -0.4 is 0 Å². The molecular formula is C19H38O6. The minimum absolute atomic E-state index is 0.139. The van der Waals surface area contributed by atoms with Crippen LogP contribution >= 0.6 is 0 Å². The second-order valence-corrected chi connectivity index (χ2v) is 5.83. The fourth-order valence-electron chi connectivity index (χ4n) is 2.02. The Hall–Kier alpha value is -0.690. The van der Waals surface area contributed by atoms with Gasteiger partial charge < -0.3 is 23.7 Å². The Morgan fingerprint density at radius 3 is 1.52 bits per heavy atom. The van der Waals surface area contributed by atoms with Gasteiger partial charge in [-0.15, -0.1) is 0 Å². The first kappa shape index (κ1) is 24.3. The Kier molecular flexibility index (Phi) is 20.8. The van der Waals surface area contributed by atoms with Crippen molar-refractivity contribution >= 4 is 5.97 Å². The van der Waals surface area contributed by atoms with Gasteiger partial charge in [0.25, 0.3) is 0 Å². The van der Waals surface area contributed by atoms with E-state index in [1.165, 1.54) is 12.8 Å². The van der Waals surface area contributed by atoms with Gasteiger partial charge in [0.15, 0.2) is 0 Å². The number of carbonyl (C=O) groups excluding carboxylic acids is 1. The molecular weight excluding hydrogens is 324 g/mol. The monoisotopic (exact) mass is 362 g/mol. The van der Waals surface area contributed by atoms with Gasteiger partial charge in [0.1, 0.15) is 6.61 Å². The maximum atomic E-state index is 11.3. The average molecular weight is 363 g/mol. The summed E-state index contributed by atoms with van der Waals surface area (Å²) in [5, 5.41) is 0. The van der Waals surface area contributed by atoms with Crippen LogP contribution in [-0.4, -0.2) is 65.4 Å². The number of hydrogen-bond acceptors (Lipinski definition) is 6. The van der Waals surface area contributed by atoms with Gasteiger partial charge in [0.05, 0.1) is 46.2 Å². The second kappa shape index (κ2) is 21.4. The van der Waals surface area contributed by atoms with E-state index in [1.807, 2.05) is 0 Å². The van der Waals surface area contributed by atoms with Crippen molar-refractivity contribution in [1.82, 2.24) is 0 Å². The molecule has 0 spiro atoms. The largest absolute Gasteiger partial charge is 0.463 e. The summed E-state index contributed by atoms with van der Waals surface area (Å²) < 4.78 is 26.6. The molecule has 6 heteroatoms. The van der Waals surface area contributed by atoms with Gasteiger partial charge in [-0.1, -0.05) is 39.5 Å². The fourth-order valence-corrected chi connectivity index (χ4v) is 2.02. The molecule has 6 nitrogen and oxygen atoms in total. The fraction of sp³-hybridized carbons (Fsp3) is 0.947. The lowest BCUT2D eigenvalue weighted by Crippen LogP contribution is -2.14. The third-order valence-corrected chi connectivity index (χ3v) is 3.48. The maximum absolute atomic E-state index is 11.3. The molecule has 0 heterocycles. The number of rotatable bonds is 20. The molecule has 0 aromatic heterocycles. The van der Waals surface area contributed by atoms with Crippen LogP contribution in [0, 0.1) is 0 Å². The summed E-state index contributed by atoms with van der Waals surface area (Å²) in [6.45, 7) is 9.20. The molecule has 0 aromatic rings. The summed E-state index contributed by atoms with van der Waals surface area (Å²) in [6.07, 6.45) is 7.13. The second-order valence-electron chi connectivity index (χ2n) is 5.83. The van der Waals surface area contributed by atoms with Crippen molar-refractivity contribution in [2.75, 3.05) is 59.5 Å². The van der Waals surface area contributed by atoms with Gasteiger partial charge in [0.2, 0.25) is 0 Å². The highest BCUT2D eigenvalue weighted by molar-refractivity contribution is 5.69. The molecule has 0 N–H and O–H groups in total. The van der Waals surface area contributed by atoms with Gasteiger partial charge in [0, 0.05) is 13.0 Å². The molecule has 0 aliphatic carbocycles. The van der Waals surface area contributed by atoms with Crippen molar-refractivity contribution in [3.8, 4) is 0 Å². The van der Waals surface area contributed by atoms with Gasteiger partial charge in [-0.25, -0.2) is 0 Å². The van der Waals surface area contributed by atoms with E-state index < -0.39 is 0 Å². The number of esters is 1. The van der Waals surface area contributed by atoms with Crippen LogP contribution in [0.3, 0.4) is 0 Å². The van der Waals surface area contributed by atoms with Gasteiger partial charge in [-0.2, -0.15) is 0 Å². The Bertz CT molecular complexity index is 273. The Labute approximate surface area is 153 Å². The van der Waals surface area contributed by atoms with E-state index in [1.54, 1.807) is 0 Å². The Morgan fingerprint density at radius 1 is 0.560 bits per heavy atom. The van der Waals surface area contributed by atoms with Crippen LogP contribution in [0.4, 0.5) is 0 Å². The zero-order valence-corrected chi connectivity index (χ0v) is 16.3. The highest BCUT2D eigenvalue weighted by Gasteiger charge is 2.01. The summed E-state index contributed by atoms with van der Waals surface area (Å²) in [5.74, 6) is -0.139. The van der Waals surface area contributed by atoms with Crippen molar-refractivity contribution in [3.63, 3.8) is 0 Å². The van der Waals surface area contributed by atoms with Crippen molar-refractivity contribution in [2.45, 2.75) is 58.8 Å². The lowest BCUT2D eigenvalue weighted by Gasteiger charge is -2.08. The van der Waals surface area contributed by atoms with Gasteiger partial charge >= 0.3 is 5.97 Å². The highest BCUT2D eigenvalue weighted by atomic mass is 16.6. The van der Waals surface area contributed by atoms with Crippen LogP contribution in [0.1, 0.15) is 58.8 Å². The van der Waals surface area contributed by atoms with Gasteiger partial charge in [-0.3, -0.25) is 4.79 Å². The molecule has 0 unspecified atom stereocenters. The summed E-state index contributed by atoms with van der Waals surface area (Å²) >= 11 is 0. The van der Waals surface area contributed by atoms with Crippen molar-refractivity contribution in [2.24, 2.45) is 0 Å². The number of carbonyl (C=O) groups is 1. The summed E-state index contributed by atoms with van der Waals surface area (Å²) in [4.78, 5) is 11.3. The average Bonchev–Trinajstić information content (AvgIpc) is 2.61. The van der Waals surface area contributed by atoms with Crippen LogP contribution in [0.2, 0.25) is 0 Å². The maximum Gasteiger partial charge on any atom is 0.305 e. The zero-order valence-electron chi connectivity index (χ0n) is 16.3. The van der Waals surface area contributed by atoms with Crippen LogP contribution in [0.25, 0.3) is 0 Å². The molecule has 0 aliphatic rings. The zero-order chi connectivity index (χ0) is 18.4. The minimum atomic E-state index is -0.139. The van der Waals surface area contributed by atoms with E-state index in [9.17, 15) is 4.79 Å².